The van der Waals surface area contributed by atoms with Crippen LogP contribution in [0.2, 0.25) is 0 Å². The zero-order chi connectivity index (χ0) is 43.3. The summed E-state index contributed by atoms with van der Waals surface area (Å²) in [7, 11) is 0. The van der Waals surface area contributed by atoms with E-state index in [0.29, 0.717) is 17.5 Å². The van der Waals surface area contributed by atoms with Crippen LogP contribution in [0.1, 0.15) is 22.3 Å². The van der Waals surface area contributed by atoms with Gasteiger partial charge in [0.2, 0.25) is 0 Å². The molecule has 1 atom stereocenters. The van der Waals surface area contributed by atoms with Crippen LogP contribution in [0, 0.1) is 0 Å². The maximum Gasteiger partial charge on any atom is 0.164 e. The van der Waals surface area contributed by atoms with Gasteiger partial charge in [-0.25, -0.2) is 15.0 Å². The molecule has 1 unspecified atom stereocenters. The minimum atomic E-state index is -0.649. The molecule has 2 aromatic heterocycles. The smallest absolute Gasteiger partial charge is 0.164 e. The van der Waals surface area contributed by atoms with Crippen LogP contribution in [-0.2, 0) is 5.41 Å². The highest BCUT2D eigenvalue weighted by Crippen LogP contribution is 2.63. The third kappa shape index (κ3) is 5.18. The first kappa shape index (κ1) is 36.7. The number of aromatic nitrogens is 4. The second-order valence-corrected chi connectivity index (χ2v) is 17.5. The normalized spacial score (nSPS) is 14.4. The van der Waals surface area contributed by atoms with Gasteiger partial charge in [-0.1, -0.05) is 212 Å². The Morgan fingerprint density at radius 3 is 1.70 bits per heavy atom. The summed E-state index contributed by atoms with van der Waals surface area (Å²) in [6.45, 7) is 0. The second kappa shape index (κ2) is 14.1. The maximum atomic E-state index is 5.43. The van der Waals surface area contributed by atoms with E-state index in [1.54, 1.807) is 0 Å². The topological polar surface area (TPSA) is 43.6 Å². The van der Waals surface area contributed by atoms with Crippen molar-refractivity contribution in [2.75, 3.05) is 0 Å². The molecule has 14 rings (SSSR count). The fourth-order valence-electron chi connectivity index (χ4n) is 11.3. The minimum absolute atomic E-state index is 0.630. The maximum absolute atomic E-state index is 5.43. The van der Waals surface area contributed by atoms with E-state index in [9.17, 15) is 0 Å². The lowest BCUT2D eigenvalue weighted by Gasteiger charge is -2.39. The molecule has 4 heteroatoms. The average Bonchev–Trinajstić information content (AvgIpc) is 3.89. The van der Waals surface area contributed by atoms with Crippen LogP contribution in [-0.4, -0.2) is 19.5 Å². The first-order valence-electron chi connectivity index (χ1n) is 22.6. The Kier molecular flexibility index (Phi) is 7.87. The van der Waals surface area contributed by atoms with Gasteiger partial charge in [-0.2, -0.15) is 0 Å². The van der Waals surface area contributed by atoms with E-state index in [1.807, 2.05) is 24.3 Å². The molecular formula is C62H38N4. The molecule has 306 valence electrons. The zero-order valence-corrected chi connectivity index (χ0v) is 35.7. The molecule has 4 nitrogen and oxygen atoms in total. The van der Waals surface area contributed by atoms with Gasteiger partial charge >= 0.3 is 0 Å². The first-order chi connectivity index (χ1) is 32.7. The Hall–Kier alpha value is -8.73. The quantitative estimate of drug-likeness (QED) is 0.173. The average molecular weight is 839 g/mol. The van der Waals surface area contributed by atoms with Gasteiger partial charge in [-0.05, 0) is 84.6 Å². The Morgan fingerprint density at radius 1 is 0.318 bits per heavy atom. The molecule has 0 N–H and O–H groups in total. The SMILES string of the molecule is c1ccc(-c2ccc(-c3nc(-c4ccccc4)nc(-c4cccc5c4-c4cc(-c6cccc7ccccc67)ccc4C54c5ccccc5-n5c6ccccc6c6cccc4c65)n3)cc2)cc1. The van der Waals surface area contributed by atoms with Crippen LogP contribution >= 0.6 is 0 Å². The molecule has 1 spiro atoms. The number of fused-ring (bicyclic) bond motifs is 13. The van der Waals surface area contributed by atoms with Crippen LogP contribution in [0.25, 0.3) is 106 Å². The summed E-state index contributed by atoms with van der Waals surface area (Å²) in [6.07, 6.45) is 0. The van der Waals surface area contributed by atoms with E-state index in [1.165, 1.54) is 82.8 Å². The first-order valence-corrected chi connectivity index (χ1v) is 22.6. The van der Waals surface area contributed by atoms with Crippen molar-refractivity contribution in [1.29, 1.82) is 0 Å². The molecule has 2 aliphatic rings. The number of para-hydroxylation sites is 3. The van der Waals surface area contributed by atoms with Crippen molar-refractivity contribution >= 4 is 32.6 Å². The van der Waals surface area contributed by atoms with Crippen molar-refractivity contribution in [2.24, 2.45) is 0 Å². The van der Waals surface area contributed by atoms with Crippen molar-refractivity contribution in [2.45, 2.75) is 5.41 Å². The number of hydrogen-bond donors (Lipinski definition) is 0. The largest absolute Gasteiger partial charge is 0.309 e. The van der Waals surface area contributed by atoms with E-state index < -0.39 is 5.41 Å². The molecule has 1 aliphatic heterocycles. The van der Waals surface area contributed by atoms with Crippen LogP contribution < -0.4 is 0 Å². The molecule has 0 bridgehead atoms. The summed E-state index contributed by atoms with van der Waals surface area (Å²) in [5.41, 5.74) is 17.8. The molecule has 10 aromatic carbocycles. The highest BCUT2D eigenvalue weighted by molar-refractivity contribution is 6.13. The Labute approximate surface area is 381 Å². The van der Waals surface area contributed by atoms with Crippen LogP contribution in [0.5, 0.6) is 0 Å². The Morgan fingerprint density at radius 2 is 0.864 bits per heavy atom. The van der Waals surface area contributed by atoms with Gasteiger partial charge in [0.25, 0.3) is 0 Å². The Balaban J connectivity index is 1.08. The molecular weight excluding hydrogens is 801 g/mol. The summed E-state index contributed by atoms with van der Waals surface area (Å²) in [5, 5.41) is 4.95. The number of nitrogens with zero attached hydrogens (tertiary/aromatic N) is 4. The third-order valence-corrected chi connectivity index (χ3v) is 14.1. The lowest BCUT2D eigenvalue weighted by Crippen LogP contribution is -2.33. The second-order valence-electron chi connectivity index (χ2n) is 17.5. The van der Waals surface area contributed by atoms with Gasteiger partial charge in [0.15, 0.2) is 17.5 Å². The summed E-state index contributed by atoms with van der Waals surface area (Å²) in [5.74, 6) is 1.90. The van der Waals surface area contributed by atoms with Gasteiger partial charge in [-0.3, -0.25) is 0 Å². The van der Waals surface area contributed by atoms with E-state index >= 15 is 0 Å². The molecule has 0 saturated carbocycles. The summed E-state index contributed by atoms with van der Waals surface area (Å²) in [4.78, 5) is 16.0. The molecule has 0 saturated heterocycles. The predicted molar refractivity (Wildman–Crippen MR) is 270 cm³/mol. The van der Waals surface area contributed by atoms with Gasteiger partial charge in [0, 0.05) is 27.5 Å². The van der Waals surface area contributed by atoms with Gasteiger partial charge in [-0.15, -0.1) is 0 Å². The minimum Gasteiger partial charge on any atom is -0.309 e. The van der Waals surface area contributed by atoms with Gasteiger partial charge in [0.1, 0.15) is 0 Å². The number of rotatable bonds is 5. The monoisotopic (exact) mass is 838 g/mol. The molecule has 0 fully saturated rings. The van der Waals surface area contributed by atoms with Crippen molar-refractivity contribution < 1.29 is 0 Å². The highest BCUT2D eigenvalue weighted by atomic mass is 15.0. The molecule has 0 amide bonds. The van der Waals surface area contributed by atoms with E-state index in [4.69, 9.17) is 15.0 Å². The lowest BCUT2D eigenvalue weighted by atomic mass is 9.65. The zero-order valence-electron chi connectivity index (χ0n) is 35.7. The van der Waals surface area contributed by atoms with Gasteiger partial charge < -0.3 is 4.57 Å². The fourth-order valence-corrected chi connectivity index (χ4v) is 11.3. The van der Waals surface area contributed by atoms with Crippen molar-refractivity contribution in [1.82, 2.24) is 19.5 Å². The number of hydrogen-bond acceptors (Lipinski definition) is 3. The molecule has 12 aromatic rings. The fraction of sp³-hybridized carbons (Fsp3) is 0.0161. The summed E-state index contributed by atoms with van der Waals surface area (Å²) < 4.78 is 2.50. The third-order valence-electron chi connectivity index (χ3n) is 14.1. The molecule has 1 aliphatic carbocycles. The predicted octanol–water partition coefficient (Wildman–Crippen LogP) is 15.1. The molecule has 3 heterocycles. The van der Waals surface area contributed by atoms with Crippen molar-refractivity contribution in [3.63, 3.8) is 0 Å². The summed E-state index contributed by atoms with van der Waals surface area (Å²) >= 11 is 0. The van der Waals surface area contributed by atoms with Crippen LogP contribution in [0.3, 0.4) is 0 Å². The number of benzene rings is 10. The lowest BCUT2D eigenvalue weighted by molar-refractivity contribution is 0.748. The van der Waals surface area contributed by atoms with E-state index in [-0.39, 0.29) is 0 Å². The molecule has 66 heavy (non-hydrogen) atoms. The van der Waals surface area contributed by atoms with Crippen molar-refractivity contribution in [3.05, 3.63) is 253 Å². The van der Waals surface area contributed by atoms with Crippen LogP contribution in [0.4, 0.5) is 0 Å². The van der Waals surface area contributed by atoms with Crippen molar-refractivity contribution in [3.8, 4) is 73.2 Å². The highest BCUT2D eigenvalue weighted by Gasteiger charge is 2.51. The van der Waals surface area contributed by atoms with E-state index in [0.717, 1.165) is 27.8 Å². The Bertz CT molecular complexity index is 3920. The van der Waals surface area contributed by atoms with Crippen LogP contribution in [0.15, 0.2) is 231 Å². The standard InChI is InChI=1S/C62H38N4/c1-3-16-39(17-4-1)40-32-34-43(35-33-40)60-63-59(42-19-5-2-6-20-42)64-61(65-60)49-26-15-28-53-57(49)50-38-44(46-24-13-21-41-18-7-8-22-45(41)46)36-37-51(50)62(53)52-27-10-12-31-56(52)66-55-30-11-9-23-47(55)48-25-14-29-54(62)58(48)66/h1-38H. The van der Waals surface area contributed by atoms with Gasteiger partial charge in [0.05, 0.1) is 22.1 Å². The summed E-state index contributed by atoms with van der Waals surface area (Å²) in [6, 6.07) is 83.4. The van der Waals surface area contributed by atoms with E-state index in [2.05, 4.69) is 211 Å². The molecule has 0 radical (unpaired) electrons.